The number of rotatable bonds is 4. The fourth-order valence-electron chi connectivity index (χ4n) is 2.92. The Kier molecular flexibility index (Phi) is 5.05. The van der Waals surface area contributed by atoms with Crippen molar-refractivity contribution in [3.8, 4) is 5.75 Å². The van der Waals surface area contributed by atoms with Gasteiger partial charge in [0.1, 0.15) is 11.9 Å². The van der Waals surface area contributed by atoms with Crippen LogP contribution in [-0.2, 0) is 9.53 Å². The summed E-state index contributed by atoms with van der Waals surface area (Å²) in [4.78, 5) is 11.3. The van der Waals surface area contributed by atoms with Gasteiger partial charge < -0.3 is 9.47 Å². The molecule has 1 aromatic rings. The Morgan fingerprint density at radius 3 is 2.70 bits per heavy atom. The summed E-state index contributed by atoms with van der Waals surface area (Å²) >= 11 is 0. The molecule has 0 N–H and O–H groups in total. The molecule has 2 rings (SSSR count). The summed E-state index contributed by atoms with van der Waals surface area (Å²) in [7, 11) is 0. The lowest BCUT2D eigenvalue weighted by molar-refractivity contribution is -0.148. The minimum Gasteiger partial charge on any atom is -0.491 e. The first kappa shape index (κ1) is 14.9. The van der Waals surface area contributed by atoms with Gasteiger partial charge in [0.15, 0.2) is 0 Å². The second-order valence-corrected chi connectivity index (χ2v) is 5.78. The van der Waals surface area contributed by atoms with Gasteiger partial charge in [-0.1, -0.05) is 18.6 Å². The molecule has 0 aliphatic heterocycles. The first-order valence-electron chi connectivity index (χ1n) is 7.50. The molecular formula is C17H24O3. The van der Waals surface area contributed by atoms with E-state index >= 15 is 0 Å². The number of carbonyl (C=O) groups excluding carboxylic acids is 1. The standard InChI is InChI=1S/C17H24O3/c1-12(2)19-15-8-6-7-14(11-15)16-9-4-5-10-17(16)20-13(3)18/h6-8,11-12,16-17H,4-5,9-10H2,1-3H3/t16-,17+/m0/s1. The Hall–Kier alpha value is -1.51. The molecule has 110 valence electrons. The van der Waals surface area contributed by atoms with Crippen molar-refractivity contribution >= 4 is 5.97 Å². The van der Waals surface area contributed by atoms with Crippen molar-refractivity contribution < 1.29 is 14.3 Å². The molecule has 0 spiro atoms. The topological polar surface area (TPSA) is 35.5 Å². The van der Waals surface area contributed by atoms with E-state index in [1.807, 2.05) is 26.0 Å². The number of esters is 1. The number of hydrogen-bond donors (Lipinski definition) is 0. The highest BCUT2D eigenvalue weighted by Crippen LogP contribution is 2.36. The second-order valence-electron chi connectivity index (χ2n) is 5.78. The summed E-state index contributed by atoms with van der Waals surface area (Å²) in [5, 5.41) is 0. The Labute approximate surface area is 121 Å². The molecule has 0 amide bonds. The van der Waals surface area contributed by atoms with Gasteiger partial charge in [0.25, 0.3) is 0 Å². The monoisotopic (exact) mass is 276 g/mol. The van der Waals surface area contributed by atoms with Crippen LogP contribution >= 0.6 is 0 Å². The van der Waals surface area contributed by atoms with Crippen LogP contribution in [0.25, 0.3) is 0 Å². The van der Waals surface area contributed by atoms with Gasteiger partial charge in [-0.15, -0.1) is 0 Å². The van der Waals surface area contributed by atoms with Crippen molar-refractivity contribution in [3.05, 3.63) is 29.8 Å². The Morgan fingerprint density at radius 2 is 2.00 bits per heavy atom. The van der Waals surface area contributed by atoms with Crippen LogP contribution in [0.5, 0.6) is 5.75 Å². The number of hydrogen-bond acceptors (Lipinski definition) is 3. The molecule has 0 heterocycles. The van der Waals surface area contributed by atoms with Gasteiger partial charge in [-0.25, -0.2) is 0 Å². The molecule has 1 aliphatic carbocycles. The van der Waals surface area contributed by atoms with Crippen LogP contribution in [0.3, 0.4) is 0 Å². The molecular weight excluding hydrogens is 252 g/mol. The molecule has 0 radical (unpaired) electrons. The van der Waals surface area contributed by atoms with Gasteiger partial charge in [-0.3, -0.25) is 4.79 Å². The molecule has 2 atom stereocenters. The van der Waals surface area contributed by atoms with E-state index in [4.69, 9.17) is 9.47 Å². The van der Waals surface area contributed by atoms with E-state index < -0.39 is 0 Å². The van der Waals surface area contributed by atoms with Crippen LogP contribution in [0, 0.1) is 0 Å². The highest BCUT2D eigenvalue weighted by molar-refractivity contribution is 5.66. The zero-order valence-corrected chi connectivity index (χ0v) is 12.6. The zero-order chi connectivity index (χ0) is 14.5. The first-order chi connectivity index (χ1) is 9.56. The number of carbonyl (C=O) groups is 1. The SMILES string of the molecule is CC(=O)O[C@@H]1CCCC[C@H]1c1cccc(OC(C)C)c1. The van der Waals surface area contributed by atoms with Gasteiger partial charge in [0.05, 0.1) is 6.10 Å². The average Bonchev–Trinajstić information content (AvgIpc) is 2.38. The third-order valence-electron chi connectivity index (χ3n) is 3.68. The molecule has 0 aromatic heterocycles. The lowest BCUT2D eigenvalue weighted by atomic mass is 9.81. The van der Waals surface area contributed by atoms with Crippen LogP contribution in [-0.4, -0.2) is 18.2 Å². The van der Waals surface area contributed by atoms with Crippen LogP contribution in [0.4, 0.5) is 0 Å². The molecule has 3 heteroatoms. The molecule has 1 fully saturated rings. The summed E-state index contributed by atoms with van der Waals surface area (Å²) in [6.45, 7) is 5.54. The minimum atomic E-state index is -0.184. The highest BCUT2D eigenvalue weighted by Gasteiger charge is 2.29. The van der Waals surface area contributed by atoms with Crippen LogP contribution in [0.15, 0.2) is 24.3 Å². The van der Waals surface area contributed by atoms with E-state index in [1.165, 1.54) is 18.9 Å². The van der Waals surface area contributed by atoms with Crippen molar-refractivity contribution in [1.29, 1.82) is 0 Å². The zero-order valence-electron chi connectivity index (χ0n) is 12.6. The Morgan fingerprint density at radius 1 is 1.25 bits per heavy atom. The fourth-order valence-corrected chi connectivity index (χ4v) is 2.92. The van der Waals surface area contributed by atoms with Crippen molar-refractivity contribution in [1.82, 2.24) is 0 Å². The van der Waals surface area contributed by atoms with E-state index in [9.17, 15) is 4.79 Å². The average molecular weight is 276 g/mol. The minimum absolute atomic E-state index is 0.00977. The van der Waals surface area contributed by atoms with Gasteiger partial charge in [-0.2, -0.15) is 0 Å². The Bertz CT molecular complexity index is 453. The molecule has 0 bridgehead atoms. The summed E-state index contributed by atoms with van der Waals surface area (Å²) in [6.07, 6.45) is 4.54. The van der Waals surface area contributed by atoms with E-state index in [1.54, 1.807) is 0 Å². The van der Waals surface area contributed by atoms with Crippen molar-refractivity contribution in [2.24, 2.45) is 0 Å². The van der Waals surface area contributed by atoms with Crippen LogP contribution in [0.1, 0.15) is 57.9 Å². The van der Waals surface area contributed by atoms with E-state index in [0.29, 0.717) is 5.92 Å². The maximum atomic E-state index is 11.3. The Balaban J connectivity index is 2.16. The smallest absolute Gasteiger partial charge is 0.302 e. The summed E-state index contributed by atoms with van der Waals surface area (Å²) in [5.41, 5.74) is 1.22. The lowest BCUT2D eigenvalue weighted by Crippen LogP contribution is -2.27. The summed E-state index contributed by atoms with van der Waals surface area (Å²) < 4.78 is 11.3. The van der Waals surface area contributed by atoms with Crippen LogP contribution in [0.2, 0.25) is 0 Å². The summed E-state index contributed by atoms with van der Waals surface area (Å²) in [5.74, 6) is 1.00. The molecule has 3 nitrogen and oxygen atoms in total. The number of benzene rings is 1. The van der Waals surface area contributed by atoms with Gasteiger partial charge in [0, 0.05) is 12.8 Å². The molecule has 1 aliphatic rings. The maximum absolute atomic E-state index is 11.3. The third kappa shape index (κ3) is 3.99. The van der Waals surface area contributed by atoms with E-state index in [0.717, 1.165) is 25.0 Å². The molecule has 20 heavy (non-hydrogen) atoms. The molecule has 0 saturated heterocycles. The summed E-state index contributed by atoms with van der Waals surface area (Å²) in [6, 6.07) is 8.20. The van der Waals surface area contributed by atoms with Crippen molar-refractivity contribution in [3.63, 3.8) is 0 Å². The fraction of sp³-hybridized carbons (Fsp3) is 0.588. The van der Waals surface area contributed by atoms with Gasteiger partial charge in [0.2, 0.25) is 0 Å². The quantitative estimate of drug-likeness (QED) is 0.778. The molecule has 1 saturated carbocycles. The molecule has 1 aromatic carbocycles. The van der Waals surface area contributed by atoms with Gasteiger partial charge >= 0.3 is 5.97 Å². The van der Waals surface area contributed by atoms with Crippen molar-refractivity contribution in [2.75, 3.05) is 0 Å². The normalized spacial score (nSPS) is 22.6. The van der Waals surface area contributed by atoms with Crippen molar-refractivity contribution in [2.45, 2.75) is 64.6 Å². The van der Waals surface area contributed by atoms with E-state index in [-0.39, 0.29) is 18.2 Å². The van der Waals surface area contributed by atoms with Crippen LogP contribution < -0.4 is 4.74 Å². The third-order valence-corrected chi connectivity index (χ3v) is 3.68. The highest BCUT2D eigenvalue weighted by atomic mass is 16.5. The molecule has 0 unspecified atom stereocenters. The first-order valence-corrected chi connectivity index (χ1v) is 7.50. The van der Waals surface area contributed by atoms with E-state index in [2.05, 4.69) is 12.1 Å². The predicted octanol–water partition coefficient (Wildman–Crippen LogP) is 4.06. The number of ether oxygens (including phenoxy) is 2. The largest absolute Gasteiger partial charge is 0.491 e. The maximum Gasteiger partial charge on any atom is 0.302 e. The van der Waals surface area contributed by atoms with Gasteiger partial charge in [-0.05, 0) is 50.8 Å². The predicted molar refractivity (Wildman–Crippen MR) is 79.0 cm³/mol. The lowest BCUT2D eigenvalue weighted by Gasteiger charge is -2.31. The second kappa shape index (κ2) is 6.78.